The predicted octanol–water partition coefficient (Wildman–Crippen LogP) is 1.88. The molecular weight excluding hydrogens is 391 g/mol. The summed E-state index contributed by atoms with van der Waals surface area (Å²) >= 11 is 0. The van der Waals surface area contributed by atoms with Gasteiger partial charge in [0, 0.05) is 32.3 Å². The standard InChI is InChI=1S/C19H20F3N3O4/c1-29-18-15-10(4-13(22)16(18)24-3-2-23-9(6-20)7-24)17(26)11(19(27)28)8-25(15)14-5-12(14)21/h4,8-9,12,14,23H,2-3,5-7H2,1H3,(H,27,28)/t9?,12-,14+/m0/s1. The normalized spacial score (nSPS) is 24.0. The van der Waals surface area contributed by atoms with Gasteiger partial charge in [0.2, 0.25) is 5.43 Å². The molecule has 2 fully saturated rings. The summed E-state index contributed by atoms with van der Waals surface area (Å²) in [7, 11) is 1.30. The number of carboxylic acids is 1. The van der Waals surface area contributed by atoms with Crippen LogP contribution in [0.2, 0.25) is 0 Å². The van der Waals surface area contributed by atoms with Crippen LogP contribution in [0, 0.1) is 5.82 Å². The molecule has 1 aliphatic carbocycles. The Morgan fingerprint density at radius 3 is 2.76 bits per heavy atom. The van der Waals surface area contributed by atoms with Crippen LogP contribution in [-0.4, -0.2) is 61.3 Å². The highest BCUT2D eigenvalue weighted by Gasteiger charge is 2.41. The number of hydrogen-bond acceptors (Lipinski definition) is 5. The van der Waals surface area contributed by atoms with E-state index in [0.29, 0.717) is 13.1 Å². The number of fused-ring (bicyclic) bond motifs is 1. The van der Waals surface area contributed by atoms with E-state index >= 15 is 4.39 Å². The van der Waals surface area contributed by atoms with Crippen LogP contribution >= 0.6 is 0 Å². The molecule has 10 heteroatoms. The number of ether oxygens (including phenoxy) is 1. The fourth-order valence-electron chi connectivity index (χ4n) is 3.92. The molecule has 1 saturated heterocycles. The van der Waals surface area contributed by atoms with E-state index in [9.17, 15) is 23.5 Å². The molecule has 4 rings (SSSR count). The Kier molecular flexibility index (Phi) is 4.89. The first-order valence-corrected chi connectivity index (χ1v) is 9.24. The second-order valence-electron chi connectivity index (χ2n) is 7.29. The number of anilines is 1. The lowest BCUT2D eigenvalue weighted by Crippen LogP contribution is -2.52. The fourth-order valence-corrected chi connectivity index (χ4v) is 3.92. The molecule has 2 aromatic rings. The van der Waals surface area contributed by atoms with Gasteiger partial charge in [0.25, 0.3) is 0 Å². The zero-order valence-electron chi connectivity index (χ0n) is 15.6. The number of piperazine rings is 1. The maximum atomic E-state index is 15.1. The Labute approximate surface area is 163 Å². The molecule has 1 saturated carbocycles. The lowest BCUT2D eigenvalue weighted by Gasteiger charge is -2.35. The van der Waals surface area contributed by atoms with Crippen molar-refractivity contribution in [3.05, 3.63) is 33.9 Å². The molecule has 1 aromatic carbocycles. The average Bonchev–Trinajstić information content (AvgIpc) is 3.43. The Morgan fingerprint density at radius 1 is 1.45 bits per heavy atom. The number of benzene rings is 1. The summed E-state index contributed by atoms with van der Waals surface area (Å²) in [5, 5.41) is 12.1. The number of alkyl halides is 2. The zero-order valence-corrected chi connectivity index (χ0v) is 15.6. The number of pyridine rings is 1. The number of hydrogen-bond donors (Lipinski definition) is 2. The molecule has 29 heavy (non-hydrogen) atoms. The lowest BCUT2D eigenvalue weighted by molar-refractivity contribution is 0.0694. The van der Waals surface area contributed by atoms with Crippen LogP contribution in [0.5, 0.6) is 5.75 Å². The number of nitrogens with zero attached hydrogens (tertiary/aromatic N) is 2. The summed E-state index contributed by atoms with van der Waals surface area (Å²) in [5.41, 5.74) is -1.25. The second kappa shape index (κ2) is 7.25. The van der Waals surface area contributed by atoms with Gasteiger partial charge >= 0.3 is 5.97 Å². The smallest absolute Gasteiger partial charge is 0.341 e. The van der Waals surface area contributed by atoms with Crippen molar-refractivity contribution in [2.45, 2.75) is 24.7 Å². The first-order chi connectivity index (χ1) is 13.9. The Bertz CT molecular complexity index is 1040. The van der Waals surface area contributed by atoms with Gasteiger partial charge < -0.3 is 24.6 Å². The van der Waals surface area contributed by atoms with Crippen LogP contribution in [-0.2, 0) is 0 Å². The van der Waals surface area contributed by atoms with Gasteiger partial charge in [0.1, 0.15) is 24.1 Å². The molecule has 2 N–H and O–H groups in total. The van der Waals surface area contributed by atoms with Crippen LogP contribution < -0.4 is 20.4 Å². The molecule has 2 aliphatic rings. The van der Waals surface area contributed by atoms with E-state index in [1.807, 2.05) is 0 Å². The van der Waals surface area contributed by atoms with E-state index in [-0.39, 0.29) is 35.3 Å². The number of methoxy groups -OCH3 is 1. The SMILES string of the molecule is COc1c(N2CCNC(CF)C2)c(F)cc2c(=O)c(C(=O)O)cn([C@@H]3C[C@@H]3F)c12. The number of rotatable bonds is 5. The van der Waals surface area contributed by atoms with Crippen molar-refractivity contribution >= 4 is 22.6 Å². The van der Waals surface area contributed by atoms with Gasteiger partial charge in [-0.2, -0.15) is 0 Å². The Hall–Kier alpha value is -2.75. The van der Waals surface area contributed by atoms with E-state index in [2.05, 4.69) is 5.32 Å². The van der Waals surface area contributed by atoms with Crippen molar-refractivity contribution in [3.8, 4) is 5.75 Å². The van der Waals surface area contributed by atoms with E-state index in [0.717, 1.165) is 12.3 Å². The van der Waals surface area contributed by atoms with E-state index in [4.69, 9.17) is 4.74 Å². The highest BCUT2D eigenvalue weighted by atomic mass is 19.1. The van der Waals surface area contributed by atoms with Gasteiger partial charge in [-0.3, -0.25) is 4.79 Å². The van der Waals surface area contributed by atoms with E-state index < -0.39 is 47.7 Å². The fraction of sp³-hybridized carbons (Fsp3) is 0.474. The average molecular weight is 411 g/mol. The van der Waals surface area contributed by atoms with Gasteiger partial charge in [0.05, 0.1) is 30.1 Å². The topological polar surface area (TPSA) is 83.8 Å². The highest BCUT2D eigenvalue weighted by Crippen LogP contribution is 2.45. The minimum absolute atomic E-state index is 0.00708. The molecule has 0 amide bonds. The number of aromatic nitrogens is 1. The Morgan fingerprint density at radius 2 is 2.17 bits per heavy atom. The molecule has 3 atom stereocenters. The first-order valence-electron chi connectivity index (χ1n) is 9.24. The molecular formula is C19H20F3N3O4. The largest absolute Gasteiger partial charge is 0.492 e. The van der Waals surface area contributed by atoms with Gasteiger partial charge in [-0.15, -0.1) is 0 Å². The second-order valence-corrected chi connectivity index (χ2v) is 7.29. The third-order valence-electron chi connectivity index (χ3n) is 5.43. The molecule has 0 bridgehead atoms. The van der Waals surface area contributed by atoms with Crippen LogP contribution in [0.4, 0.5) is 18.9 Å². The predicted molar refractivity (Wildman–Crippen MR) is 100 cm³/mol. The molecule has 7 nitrogen and oxygen atoms in total. The van der Waals surface area contributed by atoms with Gasteiger partial charge in [-0.1, -0.05) is 0 Å². The molecule has 2 heterocycles. The molecule has 1 aromatic heterocycles. The summed E-state index contributed by atoms with van der Waals surface area (Å²) in [6.45, 7) is 0.352. The molecule has 1 unspecified atom stereocenters. The maximum Gasteiger partial charge on any atom is 0.341 e. The number of aromatic carboxylic acids is 1. The van der Waals surface area contributed by atoms with Crippen LogP contribution in [0.1, 0.15) is 22.8 Å². The van der Waals surface area contributed by atoms with E-state index in [1.54, 1.807) is 4.90 Å². The van der Waals surface area contributed by atoms with Crippen LogP contribution in [0.3, 0.4) is 0 Å². The van der Waals surface area contributed by atoms with Crippen molar-refractivity contribution in [2.75, 3.05) is 38.3 Å². The van der Waals surface area contributed by atoms with Crippen LogP contribution in [0.25, 0.3) is 10.9 Å². The quantitative estimate of drug-likeness (QED) is 0.782. The highest BCUT2D eigenvalue weighted by molar-refractivity contribution is 5.97. The number of carbonyl (C=O) groups is 1. The first kappa shape index (κ1) is 19.6. The van der Waals surface area contributed by atoms with E-state index in [1.165, 1.54) is 11.7 Å². The van der Waals surface area contributed by atoms with Gasteiger partial charge in [-0.05, 0) is 6.07 Å². The number of halogens is 3. The summed E-state index contributed by atoms with van der Waals surface area (Å²) in [4.78, 5) is 25.8. The number of carboxylic acid groups (broad SMARTS) is 1. The third kappa shape index (κ3) is 3.21. The van der Waals surface area contributed by atoms with Gasteiger partial charge in [0.15, 0.2) is 11.6 Å². The molecule has 0 spiro atoms. The maximum absolute atomic E-state index is 15.1. The minimum Gasteiger partial charge on any atom is -0.492 e. The number of nitrogens with one attached hydrogen (secondary N) is 1. The molecule has 0 radical (unpaired) electrons. The van der Waals surface area contributed by atoms with Crippen molar-refractivity contribution in [1.29, 1.82) is 0 Å². The van der Waals surface area contributed by atoms with Crippen molar-refractivity contribution in [1.82, 2.24) is 9.88 Å². The molecule has 156 valence electrons. The monoisotopic (exact) mass is 411 g/mol. The third-order valence-corrected chi connectivity index (χ3v) is 5.43. The summed E-state index contributed by atoms with van der Waals surface area (Å²) in [6.07, 6.45) is 0.0456. The summed E-state index contributed by atoms with van der Waals surface area (Å²) in [5.74, 6) is -2.25. The minimum atomic E-state index is -1.47. The summed E-state index contributed by atoms with van der Waals surface area (Å²) in [6, 6.07) is -0.190. The molecule has 1 aliphatic heterocycles. The summed E-state index contributed by atoms with van der Waals surface area (Å²) < 4.78 is 48.9. The van der Waals surface area contributed by atoms with Crippen LogP contribution in [0.15, 0.2) is 17.1 Å². The zero-order chi connectivity index (χ0) is 20.9. The van der Waals surface area contributed by atoms with Crippen molar-refractivity contribution < 1.29 is 27.8 Å². The van der Waals surface area contributed by atoms with Crippen molar-refractivity contribution in [2.24, 2.45) is 0 Å². The van der Waals surface area contributed by atoms with Crippen molar-refractivity contribution in [3.63, 3.8) is 0 Å². The Balaban J connectivity index is 2.00. The lowest BCUT2D eigenvalue weighted by atomic mass is 10.1. The van der Waals surface area contributed by atoms with Gasteiger partial charge in [-0.25, -0.2) is 18.0 Å².